The van der Waals surface area contributed by atoms with Gasteiger partial charge in [-0.05, 0) is 160 Å². The number of amides is 2. The number of carbonyl (C=O) groups is 2. The van der Waals surface area contributed by atoms with Crippen LogP contribution < -0.4 is 0 Å². The van der Waals surface area contributed by atoms with Gasteiger partial charge in [-0.1, -0.05) is 229 Å². The fourth-order valence-electron chi connectivity index (χ4n) is 13.6. The molecule has 0 bridgehead atoms. The molecule has 8 heterocycles. The maximum Gasteiger partial charge on any atom is 0.266 e. The predicted octanol–water partition coefficient (Wildman–Crippen LogP) is 25.8. The quantitative estimate of drug-likeness (QED) is 0.0218. The number of thiophene rings is 4. The van der Waals surface area contributed by atoms with Crippen LogP contribution in [-0.2, 0) is 48.4 Å². The highest BCUT2D eigenvalue weighted by atomic mass is 32.2. The molecule has 10 rings (SSSR count). The molecule has 0 spiro atoms. The highest BCUT2D eigenvalue weighted by molar-refractivity contribution is 8.27. The largest absolute Gasteiger partial charge is 0.339 e. The second-order valence-corrected chi connectivity index (χ2v) is 33.2. The molecule has 14 heteroatoms. The second-order valence-electron chi connectivity index (χ2n) is 25.6. The number of thioether (sulfide) groups is 2. The maximum absolute atomic E-state index is 13.5. The molecule has 92 heavy (non-hydrogen) atoms. The Morgan fingerprint density at radius 1 is 0.380 bits per heavy atom. The van der Waals surface area contributed by atoms with Crippen LogP contribution in [0.5, 0.6) is 0 Å². The first-order valence-electron chi connectivity index (χ1n) is 35.6. The van der Waals surface area contributed by atoms with Gasteiger partial charge in [0.1, 0.15) is 8.64 Å². The molecule has 2 aliphatic rings. The fourth-order valence-corrected chi connectivity index (χ4v) is 21.5. The lowest BCUT2D eigenvalue weighted by molar-refractivity contribution is -0.122. The number of hydrogen-bond acceptors (Lipinski definition) is 10. The molecular weight excluding hydrogens is 1280 g/mol. The number of aromatic nitrogens is 2. The van der Waals surface area contributed by atoms with Gasteiger partial charge in [0, 0.05) is 76.0 Å². The monoisotopic (exact) mass is 1380 g/mol. The minimum atomic E-state index is 0.0314. The first-order valence-corrected chi connectivity index (χ1v) is 41.3. The van der Waals surface area contributed by atoms with E-state index in [9.17, 15) is 9.59 Å². The summed E-state index contributed by atoms with van der Waals surface area (Å²) in [4.78, 5) is 42.5. The number of thiocarbonyl (C=S) groups is 2. The molecule has 0 atom stereocenters. The number of fused-ring (bicyclic) bond motifs is 5. The van der Waals surface area contributed by atoms with Gasteiger partial charge >= 0.3 is 0 Å². The van der Waals surface area contributed by atoms with Crippen LogP contribution in [0.4, 0.5) is 0 Å². The van der Waals surface area contributed by atoms with Crippen LogP contribution in [-0.4, -0.2) is 52.5 Å². The van der Waals surface area contributed by atoms with Crippen molar-refractivity contribution in [1.82, 2.24) is 18.9 Å². The van der Waals surface area contributed by atoms with Crippen LogP contribution in [0.2, 0.25) is 0 Å². The van der Waals surface area contributed by atoms with Crippen molar-refractivity contribution >= 4 is 159 Å². The minimum absolute atomic E-state index is 0.0314. The third-order valence-electron chi connectivity index (χ3n) is 18.7. The molecule has 2 amide bonds. The summed E-state index contributed by atoms with van der Waals surface area (Å²) in [6, 6.07) is 25.0. The van der Waals surface area contributed by atoms with E-state index >= 15 is 0 Å². The van der Waals surface area contributed by atoms with Gasteiger partial charge in [-0.2, -0.15) is 0 Å². The average Bonchev–Trinajstić information content (AvgIpc) is 1.55. The molecule has 0 aliphatic carbocycles. The second kappa shape index (κ2) is 34.7. The van der Waals surface area contributed by atoms with E-state index < -0.39 is 0 Å². The normalized spacial score (nSPS) is 14.8. The third kappa shape index (κ3) is 16.5. The van der Waals surface area contributed by atoms with Crippen LogP contribution in [0.1, 0.15) is 241 Å². The number of aryl methyl sites for hydroxylation is 6. The average molecular weight is 1380 g/mol. The number of unbranched alkanes of at least 4 members (excludes halogenated alkanes) is 18. The van der Waals surface area contributed by atoms with E-state index in [1.807, 2.05) is 59.2 Å². The van der Waals surface area contributed by atoms with Crippen molar-refractivity contribution < 1.29 is 9.59 Å². The van der Waals surface area contributed by atoms with Gasteiger partial charge in [-0.3, -0.25) is 19.4 Å². The highest BCUT2D eigenvalue weighted by Gasteiger charge is 2.33. The summed E-state index contributed by atoms with van der Waals surface area (Å²) in [5.74, 6) is 0.0628. The maximum atomic E-state index is 13.5. The molecule has 0 unspecified atom stereocenters. The van der Waals surface area contributed by atoms with E-state index in [4.69, 9.17) is 24.4 Å². The molecule has 0 radical (unpaired) electrons. The number of rotatable bonds is 38. The molecule has 8 aromatic rings. The van der Waals surface area contributed by atoms with Crippen molar-refractivity contribution in [2.45, 2.75) is 248 Å². The molecule has 0 saturated carbocycles. The zero-order valence-corrected chi connectivity index (χ0v) is 63.0. The van der Waals surface area contributed by atoms with Crippen LogP contribution >= 0.6 is 93.3 Å². The third-order valence-corrected chi connectivity index (χ3v) is 26.5. The van der Waals surface area contributed by atoms with E-state index in [1.165, 1.54) is 247 Å². The lowest BCUT2D eigenvalue weighted by Gasteiger charge is -2.12. The van der Waals surface area contributed by atoms with Crippen molar-refractivity contribution in [2.24, 2.45) is 0 Å². The fraction of sp³-hybridized carbons (Fsp3) is 0.513. The Hall–Kier alpha value is -4.12. The Morgan fingerprint density at radius 3 is 1.04 bits per heavy atom. The Balaban J connectivity index is 1.10. The van der Waals surface area contributed by atoms with Crippen LogP contribution in [0.3, 0.4) is 0 Å². The Bertz CT molecular complexity index is 3660. The first-order chi connectivity index (χ1) is 45.0. The Labute approximate surface area is 586 Å². The summed E-state index contributed by atoms with van der Waals surface area (Å²) >= 11 is 21.9. The summed E-state index contributed by atoms with van der Waals surface area (Å²) < 4.78 is 6.82. The lowest BCUT2D eigenvalue weighted by atomic mass is 10.0. The van der Waals surface area contributed by atoms with Crippen molar-refractivity contribution in [2.75, 3.05) is 13.1 Å². The molecule has 0 N–H and O–H groups in total. The topological polar surface area (TPSA) is 50.5 Å². The minimum Gasteiger partial charge on any atom is -0.339 e. The SMILES string of the molecule is CCCCCCc1cc(-c2sc(/C=C3\SC(=S)N(CC)C3=O)cc2CCCCCC)sc1-c1ccc2c(c1)n(CCCCCC)c1c3ccc(-c4sc(-c5sc(/C=C6/SC(=S)N(CC)C6=O)cc5CCCCCC)cc4CCCCCC)cc3n(CCCCCC)c21. The van der Waals surface area contributed by atoms with E-state index in [1.54, 1.807) is 9.80 Å². The predicted molar refractivity (Wildman–Crippen MR) is 419 cm³/mol. The van der Waals surface area contributed by atoms with Crippen molar-refractivity contribution in [1.29, 1.82) is 0 Å². The van der Waals surface area contributed by atoms with Gasteiger partial charge in [0.2, 0.25) is 0 Å². The van der Waals surface area contributed by atoms with Gasteiger partial charge in [0.15, 0.2) is 0 Å². The van der Waals surface area contributed by atoms with E-state index in [2.05, 4.69) is 123 Å². The molecule has 6 nitrogen and oxygen atoms in total. The van der Waals surface area contributed by atoms with Crippen LogP contribution in [0.15, 0.2) is 70.5 Å². The van der Waals surface area contributed by atoms with Gasteiger partial charge < -0.3 is 9.13 Å². The van der Waals surface area contributed by atoms with Crippen molar-refractivity contribution in [3.8, 4) is 40.4 Å². The van der Waals surface area contributed by atoms with Gasteiger partial charge in [-0.15, -0.1) is 45.3 Å². The molecule has 2 saturated heterocycles. The number of carbonyl (C=O) groups excluding carboxylic acids is 2. The molecule has 2 fully saturated rings. The summed E-state index contributed by atoms with van der Waals surface area (Å²) in [5.41, 5.74) is 13.9. The number of benzene rings is 2. The summed E-state index contributed by atoms with van der Waals surface area (Å²) in [6.07, 6.45) is 37.6. The molecule has 2 aliphatic heterocycles. The summed E-state index contributed by atoms with van der Waals surface area (Å²) in [6.45, 7) is 21.1. The van der Waals surface area contributed by atoms with Gasteiger partial charge in [-0.25, -0.2) is 0 Å². The van der Waals surface area contributed by atoms with Crippen molar-refractivity contribution in [3.05, 3.63) is 102 Å². The summed E-state index contributed by atoms with van der Waals surface area (Å²) in [7, 11) is 0. The van der Waals surface area contributed by atoms with Gasteiger partial charge in [0.25, 0.3) is 11.8 Å². The van der Waals surface area contributed by atoms with E-state index in [0.717, 1.165) is 84.0 Å². The zero-order valence-electron chi connectivity index (χ0n) is 56.4. The number of likely N-dealkylation sites (N-methyl/N-ethyl adjacent to an activating group) is 2. The lowest BCUT2D eigenvalue weighted by Crippen LogP contribution is -2.27. The molecular formula is C78H100N4O2S8. The first kappa shape index (κ1) is 70.7. The standard InChI is InChI=1S/C78H100N4O2S8/c1-9-17-23-29-35-53-45-59(51-67-75(83)79(15-7)77(85)91-67)87-73(53)65-49-55(37-31-25-19-11-3)71(89-65)57-39-41-61-63(47-57)81(43-33-27-21-13-5)70-62-42-40-58(48-64(62)82(69(61)70)44-34-28-22-14-6)72-56(38-32-26-20-12-4)50-66(90-72)74-54(36-30-24-18-10-2)46-60(88-74)52-68-76(84)80(16-8)78(86)92-68/h39-42,45-52H,9-38,43-44H2,1-8H3/b67-51-,68-52+. The molecule has 492 valence electrons. The van der Waals surface area contributed by atoms with Crippen LogP contribution in [0, 0.1) is 0 Å². The van der Waals surface area contributed by atoms with E-state index in [0.29, 0.717) is 21.7 Å². The number of nitrogens with zero attached hydrogens (tertiary/aromatic N) is 4. The van der Waals surface area contributed by atoms with Crippen LogP contribution in [0.25, 0.3) is 85.4 Å². The molecule has 6 aromatic heterocycles. The van der Waals surface area contributed by atoms with E-state index in [-0.39, 0.29) is 11.8 Å². The van der Waals surface area contributed by atoms with Gasteiger partial charge in [0.05, 0.1) is 31.9 Å². The smallest absolute Gasteiger partial charge is 0.266 e. The Morgan fingerprint density at radius 2 is 0.717 bits per heavy atom. The zero-order chi connectivity index (χ0) is 64.7. The summed E-state index contributed by atoms with van der Waals surface area (Å²) in [5, 5.41) is 2.73. The molecule has 2 aromatic carbocycles. The number of hydrogen-bond donors (Lipinski definition) is 0. The highest BCUT2D eigenvalue weighted by Crippen LogP contribution is 2.50. The Kier molecular flexibility index (Phi) is 26.7. The van der Waals surface area contributed by atoms with Crippen molar-refractivity contribution in [3.63, 3.8) is 0 Å².